The normalized spacial score (nSPS) is 14.7. The first-order valence-corrected chi connectivity index (χ1v) is 7.80. The lowest BCUT2D eigenvalue weighted by atomic mass is 10.2. The van der Waals surface area contributed by atoms with Gasteiger partial charge in [-0.2, -0.15) is 0 Å². The van der Waals surface area contributed by atoms with E-state index in [-0.39, 0.29) is 43.5 Å². The maximum atomic E-state index is 12.0. The molecule has 6 heteroatoms. The van der Waals surface area contributed by atoms with Crippen LogP contribution in [0, 0.1) is 0 Å². The summed E-state index contributed by atoms with van der Waals surface area (Å²) in [5.41, 5.74) is 1.84. The van der Waals surface area contributed by atoms with E-state index in [0.29, 0.717) is 0 Å². The Kier molecular flexibility index (Phi) is 4.14. The standard InChI is InChI=1S/C17H19N3O3/c1-2-19-9-7-12-11-13(3-4-14(12)19)18-15(21)8-10-20-16(22)5-6-17(20)23/h3-4,7,9,11H,2,5-6,8,10H2,1H3,(H,18,21). The molecule has 6 nitrogen and oxygen atoms in total. The van der Waals surface area contributed by atoms with Crippen LogP contribution in [0.3, 0.4) is 0 Å². The molecule has 1 aliphatic heterocycles. The van der Waals surface area contributed by atoms with Gasteiger partial charge in [-0.1, -0.05) is 0 Å². The molecule has 1 aromatic carbocycles. The summed E-state index contributed by atoms with van der Waals surface area (Å²) in [6, 6.07) is 7.77. The van der Waals surface area contributed by atoms with Crippen molar-refractivity contribution in [3.8, 4) is 0 Å². The summed E-state index contributed by atoms with van der Waals surface area (Å²) >= 11 is 0. The number of anilines is 1. The third-order valence-corrected chi connectivity index (χ3v) is 4.11. The highest BCUT2D eigenvalue weighted by molar-refractivity contribution is 6.02. The lowest BCUT2D eigenvalue weighted by molar-refractivity contribution is -0.138. The third kappa shape index (κ3) is 3.11. The van der Waals surface area contributed by atoms with Crippen LogP contribution in [-0.4, -0.2) is 33.7 Å². The van der Waals surface area contributed by atoms with Crippen molar-refractivity contribution in [2.24, 2.45) is 0 Å². The molecule has 0 aliphatic carbocycles. The van der Waals surface area contributed by atoms with Crippen LogP contribution in [0.25, 0.3) is 10.9 Å². The molecule has 0 saturated carbocycles. The van der Waals surface area contributed by atoms with E-state index in [2.05, 4.69) is 16.8 Å². The van der Waals surface area contributed by atoms with E-state index in [4.69, 9.17) is 0 Å². The molecule has 120 valence electrons. The lowest BCUT2D eigenvalue weighted by Crippen LogP contribution is -2.32. The number of aromatic nitrogens is 1. The second kappa shape index (κ2) is 6.24. The van der Waals surface area contributed by atoms with Gasteiger partial charge in [0.05, 0.1) is 0 Å². The fourth-order valence-corrected chi connectivity index (χ4v) is 2.86. The number of fused-ring (bicyclic) bond motifs is 1. The quantitative estimate of drug-likeness (QED) is 0.860. The van der Waals surface area contributed by atoms with Gasteiger partial charge in [0, 0.05) is 55.1 Å². The number of aryl methyl sites for hydroxylation is 1. The van der Waals surface area contributed by atoms with E-state index in [0.717, 1.165) is 23.1 Å². The predicted octanol–water partition coefficient (Wildman–Crippen LogP) is 2.14. The number of benzene rings is 1. The van der Waals surface area contributed by atoms with Crippen molar-refractivity contribution in [1.29, 1.82) is 0 Å². The van der Waals surface area contributed by atoms with Crippen LogP contribution in [0.4, 0.5) is 5.69 Å². The molecule has 1 N–H and O–H groups in total. The van der Waals surface area contributed by atoms with Gasteiger partial charge in [0.2, 0.25) is 17.7 Å². The summed E-state index contributed by atoms with van der Waals surface area (Å²) < 4.78 is 2.13. The van der Waals surface area contributed by atoms with Crippen LogP contribution >= 0.6 is 0 Å². The van der Waals surface area contributed by atoms with Crippen LogP contribution in [0.2, 0.25) is 0 Å². The molecular formula is C17H19N3O3. The molecule has 2 aromatic rings. The lowest BCUT2D eigenvalue weighted by Gasteiger charge is -2.13. The van der Waals surface area contributed by atoms with Gasteiger partial charge >= 0.3 is 0 Å². The van der Waals surface area contributed by atoms with Crippen molar-refractivity contribution in [1.82, 2.24) is 9.47 Å². The Hall–Kier alpha value is -2.63. The first kappa shape index (κ1) is 15.3. The molecular weight excluding hydrogens is 294 g/mol. The highest BCUT2D eigenvalue weighted by Gasteiger charge is 2.28. The van der Waals surface area contributed by atoms with E-state index in [9.17, 15) is 14.4 Å². The largest absolute Gasteiger partial charge is 0.348 e. The number of imide groups is 1. The number of carbonyl (C=O) groups is 3. The van der Waals surface area contributed by atoms with Crippen molar-refractivity contribution >= 4 is 34.3 Å². The molecule has 1 saturated heterocycles. The fraction of sp³-hybridized carbons (Fsp3) is 0.353. The molecule has 1 aliphatic rings. The molecule has 3 rings (SSSR count). The molecule has 3 amide bonds. The summed E-state index contributed by atoms with van der Waals surface area (Å²) in [5.74, 6) is -0.581. The molecule has 23 heavy (non-hydrogen) atoms. The minimum absolute atomic E-state index is 0.117. The van der Waals surface area contributed by atoms with Crippen LogP contribution in [0.5, 0.6) is 0 Å². The first-order chi connectivity index (χ1) is 11.1. The minimum atomic E-state index is -0.202. The van der Waals surface area contributed by atoms with Crippen LogP contribution in [0.1, 0.15) is 26.2 Å². The van der Waals surface area contributed by atoms with Crippen molar-refractivity contribution < 1.29 is 14.4 Å². The van der Waals surface area contributed by atoms with Gasteiger partial charge in [-0.25, -0.2) is 0 Å². The van der Waals surface area contributed by atoms with Gasteiger partial charge < -0.3 is 9.88 Å². The Morgan fingerprint density at radius 3 is 2.61 bits per heavy atom. The average molecular weight is 313 g/mol. The number of likely N-dealkylation sites (tertiary alicyclic amines) is 1. The summed E-state index contributed by atoms with van der Waals surface area (Å²) in [6.07, 6.45) is 2.64. The second-order valence-electron chi connectivity index (χ2n) is 5.61. The van der Waals surface area contributed by atoms with E-state index in [1.807, 2.05) is 30.5 Å². The Morgan fingerprint density at radius 2 is 1.91 bits per heavy atom. The van der Waals surface area contributed by atoms with Gasteiger partial charge in [-0.15, -0.1) is 0 Å². The second-order valence-corrected chi connectivity index (χ2v) is 5.61. The molecule has 0 spiro atoms. The Labute approximate surface area is 134 Å². The third-order valence-electron chi connectivity index (χ3n) is 4.11. The fourth-order valence-electron chi connectivity index (χ4n) is 2.86. The predicted molar refractivity (Wildman–Crippen MR) is 86.8 cm³/mol. The minimum Gasteiger partial charge on any atom is -0.348 e. The maximum absolute atomic E-state index is 12.0. The van der Waals surface area contributed by atoms with Crippen molar-refractivity contribution in [2.45, 2.75) is 32.7 Å². The molecule has 0 radical (unpaired) electrons. The highest BCUT2D eigenvalue weighted by atomic mass is 16.2. The monoisotopic (exact) mass is 313 g/mol. The smallest absolute Gasteiger partial charge is 0.229 e. The maximum Gasteiger partial charge on any atom is 0.229 e. The summed E-state index contributed by atoms with van der Waals surface area (Å²) in [6.45, 7) is 3.13. The molecule has 1 fully saturated rings. The molecule has 1 aromatic heterocycles. The summed E-state index contributed by atoms with van der Waals surface area (Å²) in [5, 5.41) is 3.88. The number of nitrogens with one attached hydrogen (secondary N) is 1. The van der Waals surface area contributed by atoms with Gasteiger partial charge in [-0.3, -0.25) is 19.3 Å². The van der Waals surface area contributed by atoms with Crippen molar-refractivity contribution in [3.63, 3.8) is 0 Å². The highest BCUT2D eigenvalue weighted by Crippen LogP contribution is 2.21. The number of hydrogen-bond acceptors (Lipinski definition) is 3. The zero-order valence-corrected chi connectivity index (χ0v) is 13.0. The van der Waals surface area contributed by atoms with Crippen molar-refractivity contribution in [2.75, 3.05) is 11.9 Å². The topological polar surface area (TPSA) is 71.4 Å². The summed E-state index contributed by atoms with van der Waals surface area (Å²) in [4.78, 5) is 36.2. The molecule has 2 heterocycles. The first-order valence-electron chi connectivity index (χ1n) is 7.80. The number of rotatable bonds is 5. The van der Waals surface area contributed by atoms with Crippen molar-refractivity contribution in [3.05, 3.63) is 30.5 Å². The van der Waals surface area contributed by atoms with E-state index in [1.54, 1.807) is 0 Å². The van der Waals surface area contributed by atoms with E-state index >= 15 is 0 Å². The zero-order valence-electron chi connectivity index (χ0n) is 13.0. The molecule has 0 unspecified atom stereocenters. The number of nitrogens with zero attached hydrogens (tertiary/aromatic N) is 2. The Balaban J connectivity index is 1.61. The van der Waals surface area contributed by atoms with Gasteiger partial charge in [-0.05, 0) is 31.2 Å². The van der Waals surface area contributed by atoms with E-state index in [1.165, 1.54) is 4.90 Å². The van der Waals surface area contributed by atoms with Gasteiger partial charge in [0.15, 0.2) is 0 Å². The number of hydrogen-bond donors (Lipinski definition) is 1. The Morgan fingerprint density at radius 1 is 1.17 bits per heavy atom. The van der Waals surface area contributed by atoms with Crippen LogP contribution < -0.4 is 5.32 Å². The van der Waals surface area contributed by atoms with E-state index < -0.39 is 0 Å². The van der Waals surface area contributed by atoms with Gasteiger partial charge in [0.1, 0.15) is 0 Å². The molecule has 0 bridgehead atoms. The SMILES string of the molecule is CCn1ccc2cc(NC(=O)CCN3C(=O)CCC3=O)ccc21. The van der Waals surface area contributed by atoms with Crippen LogP contribution in [0.15, 0.2) is 30.5 Å². The number of carbonyl (C=O) groups excluding carboxylic acids is 3. The number of amides is 3. The zero-order chi connectivity index (χ0) is 16.4. The Bertz CT molecular complexity index is 762. The van der Waals surface area contributed by atoms with Crippen LogP contribution in [-0.2, 0) is 20.9 Å². The summed E-state index contributed by atoms with van der Waals surface area (Å²) in [7, 11) is 0. The molecule has 0 atom stereocenters. The van der Waals surface area contributed by atoms with Gasteiger partial charge in [0.25, 0.3) is 0 Å². The average Bonchev–Trinajstić information content (AvgIpc) is 3.08.